The van der Waals surface area contributed by atoms with Crippen molar-refractivity contribution < 1.29 is 14.3 Å². The van der Waals surface area contributed by atoms with Gasteiger partial charge in [-0.1, -0.05) is 11.6 Å². The Morgan fingerprint density at radius 1 is 1.56 bits per heavy atom. The summed E-state index contributed by atoms with van der Waals surface area (Å²) in [6.45, 7) is 3.83. The van der Waals surface area contributed by atoms with E-state index in [0.29, 0.717) is 18.6 Å². The van der Waals surface area contributed by atoms with Crippen molar-refractivity contribution in [2.24, 2.45) is 5.92 Å². The Balaban J connectivity index is 2.10. The van der Waals surface area contributed by atoms with Crippen LogP contribution in [0.1, 0.15) is 32.6 Å². The molecule has 2 aliphatic rings. The van der Waals surface area contributed by atoms with Crippen molar-refractivity contribution in [3.63, 3.8) is 0 Å². The zero-order valence-corrected chi connectivity index (χ0v) is 11.1. The van der Waals surface area contributed by atoms with Gasteiger partial charge in [0.15, 0.2) is 0 Å². The molecule has 0 saturated carbocycles. The lowest BCUT2D eigenvalue weighted by Crippen LogP contribution is -2.51. The summed E-state index contributed by atoms with van der Waals surface area (Å²) < 4.78 is 4.74. The van der Waals surface area contributed by atoms with Gasteiger partial charge in [0.05, 0.1) is 19.6 Å². The molecule has 0 amide bonds. The Bertz CT molecular complexity index is 375. The van der Waals surface area contributed by atoms with E-state index in [9.17, 15) is 9.59 Å². The van der Waals surface area contributed by atoms with E-state index in [1.807, 2.05) is 6.92 Å². The fourth-order valence-electron chi connectivity index (χ4n) is 3.06. The summed E-state index contributed by atoms with van der Waals surface area (Å²) in [5, 5.41) is 0. The maximum absolute atomic E-state index is 11.9. The van der Waals surface area contributed by atoms with Crippen LogP contribution in [0.2, 0.25) is 0 Å². The number of Topliss-reactive ketones (excluding diaryl/α,β-unsaturated/α-hetero) is 1. The van der Waals surface area contributed by atoms with Crippen molar-refractivity contribution in [2.45, 2.75) is 38.6 Å². The minimum absolute atomic E-state index is 0.0251. The highest BCUT2D eigenvalue weighted by molar-refractivity contribution is 5.85. The predicted octanol–water partition coefficient (Wildman–Crippen LogP) is 1.55. The number of fused-ring (bicyclic) bond motifs is 1. The number of ether oxygens (including phenoxy) is 1. The van der Waals surface area contributed by atoms with Crippen LogP contribution in [-0.2, 0) is 14.3 Å². The average molecular weight is 251 g/mol. The quantitative estimate of drug-likeness (QED) is 0.552. The Kier molecular flexibility index (Phi) is 4.17. The SMILES string of the molecule is C/C=C1/CN2CCCC(=O)[C@H]2C[C@@H]1CC(=O)OC. The van der Waals surface area contributed by atoms with E-state index in [4.69, 9.17) is 4.74 Å². The topological polar surface area (TPSA) is 46.6 Å². The molecule has 4 nitrogen and oxygen atoms in total. The molecule has 100 valence electrons. The van der Waals surface area contributed by atoms with Gasteiger partial charge in [0.2, 0.25) is 0 Å². The molecule has 2 heterocycles. The molecule has 0 bridgehead atoms. The van der Waals surface area contributed by atoms with Crippen molar-refractivity contribution in [3.05, 3.63) is 11.6 Å². The molecule has 0 aromatic heterocycles. The number of allylic oxidation sites excluding steroid dienone is 1. The molecule has 2 fully saturated rings. The summed E-state index contributed by atoms with van der Waals surface area (Å²) in [5.41, 5.74) is 1.27. The Labute approximate surface area is 108 Å². The third kappa shape index (κ3) is 2.64. The van der Waals surface area contributed by atoms with E-state index in [-0.39, 0.29) is 17.9 Å². The molecule has 2 aliphatic heterocycles. The van der Waals surface area contributed by atoms with Gasteiger partial charge in [-0.15, -0.1) is 0 Å². The van der Waals surface area contributed by atoms with Crippen molar-refractivity contribution in [1.29, 1.82) is 0 Å². The van der Waals surface area contributed by atoms with E-state index in [1.54, 1.807) is 0 Å². The molecule has 2 saturated heterocycles. The number of rotatable bonds is 2. The van der Waals surface area contributed by atoms with Crippen LogP contribution in [0.15, 0.2) is 11.6 Å². The van der Waals surface area contributed by atoms with Gasteiger partial charge in [-0.3, -0.25) is 14.5 Å². The number of hydrogen-bond acceptors (Lipinski definition) is 4. The first-order valence-electron chi connectivity index (χ1n) is 6.64. The minimum Gasteiger partial charge on any atom is -0.469 e. The smallest absolute Gasteiger partial charge is 0.306 e. The molecule has 0 N–H and O–H groups in total. The number of methoxy groups -OCH3 is 1. The first-order valence-corrected chi connectivity index (χ1v) is 6.64. The number of piperidine rings is 2. The fourth-order valence-corrected chi connectivity index (χ4v) is 3.06. The average Bonchev–Trinajstić information content (AvgIpc) is 2.39. The summed E-state index contributed by atoms with van der Waals surface area (Å²) in [5.74, 6) is 0.327. The van der Waals surface area contributed by atoms with E-state index >= 15 is 0 Å². The van der Waals surface area contributed by atoms with Gasteiger partial charge in [-0.2, -0.15) is 0 Å². The summed E-state index contributed by atoms with van der Waals surface area (Å²) >= 11 is 0. The molecular weight excluding hydrogens is 230 g/mol. The standard InChI is InChI=1S/C14H21NO3/c1-3-10-9-15-6-4-5-13(16)12(15)7-11(10)8-14(17)18-2/h3,11-12H,4-9H2,1-2H3/b10-3-/t11-,12-/m1/s1. The Hall–Kier alpha value is -1.16. The van der Waals surface area contributed by atoms with Crippen LogP contribution in [-0.4, -0.2) is 42.9 Å². The third-order valence-electron chi connectivity index (χ3n) is 4.11. The number of carbonyl (C=O) groups excluding carboxylic acids is 2. The zero-order chi connectivity index (χ0) is 13.1. The van der Waals surface area contributed by atoms with Gasteiger partial charge in [-0.25, -0.2) is 0 Å². The lowest BCUT2D eigenvalue weighted by Gasteiger charge is -2.42. The molecule has 0 aromatic carbocycles. The fraction of sp³-hybridized carbons (Fsp3) is 0.714. The summed E-state index contributed by atoms with van der Waals surface area (Å²) in [6, 6.07) is 0.0251. The molecule has 2 atom stereocenters. The molecule has 0 unspecified atom stereocenters. The maximum atomic E-state index is 11.9. The van der Waals surface area contributed by atoms with Gasteiger partial charge in [0.1, 0.15) is 5.78 Å². The van der Waals surface area contributed by atoms with Crippen molar-refractivity contribution >= 4 is 11.8 Å². The van der Waals surface area contributed by atoms with Crippen LogP contribution in [0.5, 0.6) is 0 Å². The van der Waals surface area contributed by atoms with Crippen molar-refractivity contribution in [2.75, 3.05) is 20.2 Å². The van der Waals surface area contributed by atoms with Gasteiger partial charge >= 0.3 is 5.97 Å². The number of hydrogen-bond donors (Lipinski definition) is 0. The van der Waals surface area contributed by atoms with Crippen molar-refractivity contribution in [1.82, 2.24) is 4.90 Å². The van der Waals surface area contributed by atoms with Gasteiger partial charge in [0, 0.05) is 13.0 Å². The lowest BCUT2D eigenvalue weighted by atomic mass is 9.80. The molecule has 0 spiro atoms. The summed E-state index contributed by atoms with van der Waals surface area (Å²) in [4.78, 5) is 25.6. The second-order valence-electron chi connectivity index (χ2n) is 5.13. The Morgan fingerprint density at radius 2 is 2.33 bits per heavy atom. The van der Waals surface area contributed by atoms with Gasteiger partial charge < -0.3 is 4.74 Å². The Morgan fingerprint density at radius 3 is 3.00 bits per heavy atom. The zero-order valence-electron chi connectivity index (χ0n) is 11.1. The van der Waals surface area contributed by atoms with E-state index in [0.717, 1.165) is 25.9 Å². The van der Waals surface area contributed by atoms with Crippen LogP contribution >= 0.6 is 0 Å². The van der Waals surface area contributed by atoms with Gasteiger partial charge in [0.25, 0.3) is 0 Å². The highest BCUT2D eigenvalue weighted by Gasteiger charge is 2.38. The van der Waals surface area contributed by atoms with Crippen LogP contribution in [0.25, 0.3) is 0 Å². The number of carbonyl (C=O) groups is 2. The van der Waals surface area contributed by atoms with Gasteiger partial charge in [-0.05, 0) is 32.2 Å². The third-order valence-corrected chi connectivity index (χ3v) is 4.11. The molecule has 0 aliphatic carbocycles. The van der Waals surface area contributed by atoms with Crippen LogP contribution in [0.3, 0.4) is 0 Å². The molecule has 2 rings (SSSR count). The normalized spacial score (nSPS) is 31.2. The molecule has 0 aromatic rings. The maximum Gasteiger partial charge on any atom is 0.306 e. The predicted molar refractivity (Wildman–Crippen MR) is 68.1 cm³/mol. The van der Waals surface area contributed by atoms with E-state index < -0.39 is 0 Å². The first kappa shape index (κ1) is 13.3. The second-order valence-corrected chi connectivity index (χ2v) is 5.13. The molecule has 4 heteroatoms. The summed E-state index contributed by atoms with van der Waals surface area (Å²) in [6.07, 6.45) is 4.91. The lowest BCUT2D eigenvalue weighted by molar-refractivity contribution is -0.142. The van der Waals surface area contributed by atoms with Crippen LogP contribution in [0, 0.1) is 5.92 Å². The van der Waals surface area contributed by atoms with Crippen molar-refractivity contribution in [3.8, 4) is 0 Å². The largest absolute Gasteiger partial charge is 0.469 e. The van der Waals surface area contributed by atoms with Crippen LogP contribution < -0.4 is 0 Å². The summed E-state index contributed by atoms with van der Waals surface area (Å²) in [7, 11) is 1.42. The van der Waals surface area contributed by atoms with E-state index in [2.05, 4.69) is 11.0 Å². The molecular formula is C14H21NO3. The second kappa shape index (κ2) is 5.65. The monoisotopic (exact) mass is 251 g/mol. The number of ketones is 1. The number of esters is 1. The number of nitrogens with zero attached hydrogens (tertiary/aromatic N) is 1. The highest BCUT2D eigenvalue weighted by Crippen LogP contribution is 2.33. The van der Waals surface area contributed by atoms with E-state index in [1.165, 1.54) is 12.7 Å². The highest BCUT2D eigenvalue weighted by atomic mass is 16.5. The first-order chi connectivity index (χ1) is 8.65. The molecule has 0 radical (unpaired) electrons. The minimum atomic E-state index is -0.184. The van der Waals surface area contributed by atoms with Crippen LogP contribution in [0.4, 0.5) is 0 Å². The molecule has 18 heavy (non-hydrogen) atoms.